The molecule has 0 amide bonds. The summed E-state index contributed by atoms with van der Waals surface area (Å²) in [6.07, 6.45) is 2.00. The number of nitriles is 1. The van der Waals surface area contributed by atoms with E-state index in [2.05, 4.69) is 38.1 Å². The molecule has 0 N–H and O–H groups in total. The van der Waals surface area contributed by atoms with Gasteiger partial charge in [0.25, 0.3) is 0 Å². The molecular formula is C16H15NS2. The lowest BCUT2D eigenvalue weighted by atomic mass is 10.2. The minimum absolute atomic E-state index is 0.778. The molecule has 96 valence electrons. The number of aryl methyl sites for hydroxylation is 2. The summed E-state index contributed by atoms with van der Waals surface area (Å²) in [6, 6.07) is 14.8. The Labute approximate surface area is 123 Å². The third kappa shape index (κ3) is 3.15. The third-order valence-electron chi connectivity index (χ3n) is 2.87. The van der Waals surface area contributed by atoms with E-state index < -0.39 is 0 Å². The summed E-state index contributed by atoms with van der Waals surface area (Å²) >= 11 is 3.28. The first-order valence-electron chi connectivity index (χ1n) is 5.98. The second-order valence-corrected chi connectivity index (χ2v) is 6.25. The van der Waals surface area contributed by atoms with E-state index in [0.717, 1.165) is 15.4 Å². The van der Waals surface area contributed by atoms with Crippen molar-refractivity contribution in [3.05, 3.63) is 53.1 Å². The van der Waals surface area contributed by atoms with Gasteiger partial charge in [0.1, 0.15) is 6.07 Å². The maximum Gasteiger partial charge on any atom is 0.101 e. The molecule has 0 heterocycles. The molecule has 3 heteroatoms. The lowest BCUT2D eigenvalue weighted by molar-refractivity contribution is 1.23. The number of benzene rings is 2. The van der Waals surface area contributed by atoms with Crippen LogP contribution < -0.4 is 0 Å². The van der Waals surface area contributed by atoms with Crippen LogP contribution >= 0.6 is 23.5 Å². The van der Waals surface area contributed by atoms with Gasteiger partial charge < -0.3 is 0 Å². The zero-order valence-corrected chi connectivity index (χ0v) is 12.9. The number of rotatable bonds is 3. The lowest BCUT2D eigenvalue weighted by Gasteiger charge is -2.09. The van der Waals surface area contributed by atoms with Gasteiger partial charge in [-0.05, 0) is 43.9 Å². The van der Waals surface area contributed by atoms with Crippen molar-refractivity contribution in [1.29, 1.82) is 5.26 Å². The average molecular weight is 285 g/mol. The average Bonchev–Trinajstić information content (AvgIpc) is 2.41. The van der Waals surface area contributed by atoms with E-state index in [1.807, 2.05) is 24.5 Å². The first-order valence-corrected chi connectivity index (χ1v) is 8.02. The van der Waals surface area contributed by atoms with Gasteiger partial charge in [-0.3, -0.25) is 0 Å². The monoisotopic (exact) mass is 285 g/mol. The molecule has 0 aliphatic carbocycles. The summed E-state index contributed by atoms with van der Waals surface area (Å²) in [4.78, 5) is 3.28. The van der Waals surface area contributed by atoms with Crippen molar-refractivity contribution in [3.8, 4) is 6.07 Å². The second kappa shape index (κ2) is 6.18. The van der Waals surface area contributed by atoms with Gasteiger partial charge >= 0.3 is 0 Å². The van der Waals surface area contributed by atoms with Crippen LogP contribution in [0.25, 0.3) is 0 Å². The van der Waals surface area contributed by atoms with Crippen LogP contribution in [0.4, 0.5) is 0 Å². The molecule has 19 heavy (non-hydrogen) atoms. The maximum atomic E-state index is 9.35. The molecule has 2 aromatic rings. The second-order valence-electron chi connectivity index (χ2n) is 4.32. The van der Waals surface area contributed by atoms with Gasteiger partial charge in [0.05, 0.1) is 5.56 Å². The Morgan fingerprint density at radius 1 is 1.00 bits per heavy atom. The van der Waals surface area contributed by atoms with Crippen LogP contribution in [0, 0.1) is 25.2 Å². The molecule has 0 aliphatic rings. The van der Waals surface area contributed by atoms with Gasteiger partial charge in [0.2, 0.25) is 0 Å². The van der Waals surface area contributed by atoms with Crippen molar-refractivity contribution >= 4 is 23.5 Å². The molecule has 0 radical (unpaired) electrons. The molecule has 0 fully saturated rings. The van der Waals surface area contributed by atoms with Crippen LogP contribution in [0.1, 0.15) is 16.7 Å². The number of hydrogen-bond acceptors (Lipinski definition) is 3. The highest BCUT2D eigenvalue weighted by atomic mass is 32.2. The molecule has 0 saturated heterocycles. The zero-order valence-electron chi connectivity index (χ0n) is 11.2. The first-order chi connectivity index (χ1) is 9.15. The topological polar surface area (TPSA) is 23.8 Å². The lowest BCUT2D eigenvalue weighted by Crippen LogP contribution is -1.87. The van der Waals surface area contributed by atoms with Crippen molar-refractivity contribution in [2.24, 2.45) is 0 Å². The van der Waals surface area contributed by atoms with Gasteiger partial charge in [-0.15, -0.1) is 11.8 Å². The summed E-state index contributed by atoms with van der Waals surface area (Å²) in [5, 5.41) is 9.35. The third-order valence-corrected chi connectivity index (χ3v) is 4.89. The molecule has 2 aromatic carbocycles. The Balaban J connectivity index is 2.41. The Morgan fingerprint density at radius 3 is 2.37 bits per heavy atom. The molecule has 0 saturated carbocycles. The number of hydrogen-bond donors (Lipinski definition) is 0. The molecule has 0 unspecified atom stereocenters. The van der Waals surface area contributed by atoms with E-state index in [4.69, 9.17) is 0 Å². The molecule has 0 atom stereocenters. The van der Waals surface area contributed by atoms with E-state index in [1.54, 1.807) is 23.5 Å². The summed E-state index contributed by atoms with van der Waals surface area (Å²) in [5.41, 5.74) is 3.30. The quantitative estimate of drug-likeness (QED) is 0.737. The van der Waals surface area contributed by atoms with E-state index in [0.29, 0.717) is 0 Å². The van der Waals surface area contributed by atoms with Crippen molar-refractivity contribution in [2.45, 2.75) is 28.5 Å². The predicted octanol–water partition coefficient (Wildman–Crippen LogP) is 5.05. The van der Waals surface area contributed by atoms with Crippen LogP contribution in [0.15, 0.2) is 51.1 Å². The fourth-order valence-electron chi connectivity index (χ4n) is 1.91. The Bertz CT molecular complexity index is 642. The Kier molecular flexibility index (Phi) is 4.57. The van der Waals surface area contributed by atoms with E-state index >= 15 is 0 Å². The first kappa shape index (κ1) is 14.0. The van der Waals surface area contributed by atoms with Gasteiger partial charge in [-0.1, -0.05) is 35.5 Å². The molecule has 0 aliphatic heterocycles. The molecule has 2 rings (SSSR count). The number of thioether (sulfide) groups is 1. The Morgan fingerprint density at radius 2 is 1.74 bits per heavy atom. The van der Waals surface area contributed by atoms with Crippen molar-refractivity contribution in [1.82, 2.24) is 0 Å². The van der Waals surface area contributed by atoms with Crippen LogP contribution in [-0.4, -0.2) is 6.26 Å². The van der Waals surface area contributed by atoms with Crippen molar-refractivity contribution < 1.29 is 0 Å². The fraction of sp³-hybridized carbons (Fsp3) is 0.188. The molecule has 0 spiro atoms. The molecule has 1 nitrogen and oxygen atoms in total. The van der Waals surface area contributed by atoms with E-state index in [9.17, 15) is 5.26 Å². The summed E-state index contributed by atoms with van der Waals surface area (Å²) in [7, 11) is 0. The summed E-state index contributed by atoms with van der Waals surface area (Å²) in [6.45, 7) is 4.20. The van der Waals surface area contributed by atoms with E-state index in [-0.39, 0.29) is 0 Å². The van der Waals surface area contributed by atoms with Gasteiger partial charge in [0.15, 0.2) is 0 Å². The molecule has 0 aromatic heterocycles. The summed E-state index contributed by atoms with van der Waals surface area (Å²) < 4.78 is 0. The predicted molar refractivity (Wildman–Crippen MR) is 83.0 cm³/mol. The SMILES string of the molecule is CSc1cccc(Sc2ccc(C)cc2C)c1C#N. The van der Waals surface area contributed by atoms with Crippen LogP contribution in [0.2, 0.25) is 0 Å². The minimum Gasteiger partial charge on any atom is -0.192 e. The van der Waals surface area contributed by atoms with Gasteiger partial charge in [-0.2, -0.15) is 5.26 Å². The minimum atomic E-state index is 0.778. The molecular weight excluding hydrogens is 270 g/mol. The van der Waals surface area contributed by atoms with E-state index in [1.165, 1.54) is 16.0 Å². The standard InChI is InChI=1S/C16H15NS2/c1-11-7-8-14(12(2)9-11)19-16-6-4-5-15(18-3)13(16)10-17/h4-9H,1-3H3. The van der Waals surface area contributed by atoms with Crippen LogP contribution in [0.3, 0.4) is 0 Å². The largest absolute Gasteiger partial charge is 0.192 e. The van der Waals surface area contributed by atoms with Crippen LogP contribution in [-0.2, 0) is 0 Å². The number of nitrogens with zero attached hydrogens (tertiary/aromatic N) is 1. The maximum absolute atomic E-state index is 9.35. The Hall–Kier alpha value is -1.37. The highest BCUT2D eigenvalue weighted by Crippen LogP contribution is 2.35. The molecule has 0 bridgehead atoms. The summed E-state index contributed by atoms with van der Waals surface area (Å²) in [5.74, 6) is 0. The van der Waals surface area contributed by atoms with Gasteiger partial charge in [-0.25, -0.2) is 0 Å². The fourth-order valence-corrected chi connectivity index (χ4v) is 3.54. The van der Waals surface area contributed by atoms with Crippen LogP contribution in [0.5, 0.6) is 0 Å². The zero-order chi connectivity index (χ0) is 13.8. The normalized spacial score (nSPS) is 10.2. The van der Waals surface area contributed by atoms with Gasteiger partial charge in [0, 0.05) is 14.7 Å². The smallest absolute Gasteiger partial charge is 0.101 e. The highest BCUT2D eigenvalue weighted by molar-refractivity contribution is 8.00. The van der Waals surface area contributed by atoms with Crippen molar-refractivity contribution in [2.75, 3.05) is 6.26 Å². The van der Waals surface area contributed by atoms with Crippen molar-refractivity contribution in [3.63, 3.8) is 0 Å². The highest BCUT2D eigenvalue weighted by Gasteiger charge is 2.10.